The molecule has 0 aliphatic carbocycles. The third kappa shape index (κ3) is 2.73. The number of nitrogens with one attached hydrogen (secondary N) is 1. The molecule has 1 aromatic heterocycles. The Labute approximate surface area is 109 Å². The van der Waals surface area contributed by atoms with Crippen LogP contribution in [0.3, 0.4) is 0 Å². The molecular formula is C15H21N3. The van der Waals surface area contributed by atoms with E-state index < -0.39 is 0 Å². The van der Waals surface area contributed by atoms with Crippen LogP contribution in [-0.2, 0) is 13.0 Å². The molecule has 1 heterocycles. The Bertz CT molecular complexity index is 474. The molecule has 3 heteroatoms. The molecule has 1 aromatic carbocycles. The molecule has 2 rings (SSSR count). The Kier molecular flexibility index (Phi) is 4.03. The van der Waals surface area contributed by atoms with Gasteiger partial charge in [0.25, 0.3) is 0 Å². The first-order chi connectivity index (χ1) is 8.72. The average molecular weight is 243 g/mol. The molecule has 0 aliphatic rings. The van der Waals surface area contributed by atoms with Crippen LogP contribution >= 0.6 is 0 Å². The number of hydrogen-bond acceptors (Lipinski definition) is 2. The van der Waals surface area contributed by atoms with Gasteiger partial charge in [-0.15, -0.1) is 0 Å². The number of imidazole rings is 1. The summed E-state index contributed by atoms with van der Waals surface area (Å²) >= 11 is 0. The van der Waals surface area contributed by atoms with E-state index in [-0.39, 0.29) is 0 Å². The molecular weight excluding hydrogens is 222 g/mol. The summed E-state index contributed by atoms with van der Waals surface area (Å²) in [6.07, 6.45) is 4.73. The normalized spacial score (nSPS) is 10.9. The molecule has 0 amide bonds. The topological polar surface area (TPSA) is 31.9 Å². The number of anilines is 1. The molecule has 0 saturated heterocycles. The third-order valence-corrected chi connectivity index (χ3v) is 3.18. The van der Waals surface area contributed by atoms with Crippen molar-refractivity contribution in [1.29, 1.82) is 0 Å². The van der Waals surface area contributed by atoms with E-state index in [1.54, 1.807) is 6.20 Å². The summed E-state index contributed by atoms with van der Waals surface area (Å²) in [6, 6.07) is 9.05. The standard InChI is InChI=1S/C15H21N3/c1-4-13-7-5-6-8-14(13)18(12(2)3)11-15-16-9-10-17-15/h5-10,12H,4,11H2,1-3H3,(H,16,17). The highest BCUT2D eigenvalue weighted by atomic mass is 15.2. The average Bonchev–Trinajstić information content (AvgIpc) is 2.88. The van der Waals surface area contributed by atoms with Crippen molar-refractivity contribution >= 4 is 5.69 Å². The second-order valence-electron chi connectivity index (χ2n) is 4.74. The number of hydrogen-bond donors (Lipinski definition) is 1. The maximum atomic E-state index is 4.32. The minimum absolute atomic E-state index is 0.447. The Morgan fingerprint density at radius 1 is 1.28 bits per heavy atom. The summed E-state index contributed by atoms with van der Waals surface area (Å²) in [6.45, 7) is 7.46. The quantitative estimate of drug-likeness (QED) is 0.873. The molecule has 96 valence electrons. The maximum Gasteiger partial charge on any atom is 0.125 e. The van der Waals surface area contributed by atoms with Gasteiger partial charge in [-0.1, -0.05) is 25.1 Å². The van der Waals surface area contributed by atoms with Crippen LogP contribution in [0.15, 0.2) is 36.7 Å². The van der Waals surface area contributed by atoms with E-state index in [0.29, 0.717) is 6.04 Å². The summed E-state index contributed by atoms with van der Waals surface area (Å²) in [7, 11) is 0. The molecule has 0 bridgehead atoms. The van der Waals surface area contributed by atoms with E-state index in [1.165, 1.54) is 11.3 Å². The molecule has 0 fully saturated rings. The van der Waals surface area contributed by atoms with Crippen molar-refractivity contribution in [3.05, 3.63) is 48.0 Å². The molecule has 0 spiro atoms. The summed E-state index contributed by atoms with van der Waals surface area (Å²) in [5, 5.41) is 0. The van der Waals surface area contributed by atoms with Gasteiger partial charge in [0.1, 0.15) is 5.82 Å². The number of rotatable bonds is 5. The van der Waals surface area contributed by atoms with Gasteiger partial charge in [0, 0.05) is 24.1 Å². The number of aromatic nitrogens is 2. The lowest BCUT2D eigenvalue weighted by Gasteiger charge is -2.30. The molecule has 0 unspecified atom stereocenters. The lowest BCUT2D eigenvalue weighted by Crippen LogP contribution is -2.31. The van der Waals surface area contributed by atoms with E-state index in [9.17, 15) is 0 Å². The number of aromatic amines is 1. The van der Waals surface area contributed by atoms with E-state index in [2.05, 4.69) is 59.9 Å². The number of para-hydroxylation sites is 1. The molecule has 0 saturated carbocycles. The van der Waals surface area contributed by atoms with Crippen molar-refractivity contribution in [1.82, 2.24) is 9.97 Å². The summed E-state index contributed by atoms with van der Waals surface area (Å²) in [5.41, 5.74) is 2.70. The Hall–Kier alpha value is -1.77. The monoisotopic (exact) mass is 243 g/mol. The van der Waals surface area contributed by atoms with Crippen LogP contribution < -0.4 is 4.90 Å². The number of benzene rings is 1. The highest BCUT2D eigenvalue weighted by molar-refractivity contribution is 5.54. The lowest BCUT2D eigenvalue weighted by molar-refractivity contribution is 0.663. The van der Waals surface area contributed by atoms with Crippen LogP contribution in [0, 0.1) is 0 Å². The van der Waals surface area contributed by atoms with Gasteiger partial charge < -0.3 is 9.88 Å². The summed E-state index contributed by atoms with van der Waals surface area (Å²) < 4.78 is 0. The van der Waals surface area contributed by atoms with E-state index in [0.717, 1.165) is 18.8 Å². The molecule has 2 aromatic rings. The zero-order valence-electron chi connectivity index (χ0n) is 11.4. The predicted molar refractivity (Wildman–Crippen MR) is 75.7 cm³/mol. The van der Waals surface area contributed by atoms with Crippen molar-refractivity contribution in [3.8, 4) is 0 Å². The molecule has 3 nitrogen and oxygen atoms in total. The molecule has 0 radical (unpaired) electrons. The fraction of sp³-hybridized carbons (Fsp3) is 0.400. The highest BCUT2D eigenvalue weighted by Crippen LogP contribution is 2.24. The third-order valence-electron chi connectivity index (χ3n) is 3.18. The smallest absolute Gasteiger partial charge is 0.125 e. The van der Waals surface area contributed by atoms with Gasteiger partial charge in [-0.05, 0) is 31.9 Å². The zero-order chi connectivity index (χ0) is 13.0. The summed E-state index contributed by atoms with van der Waals surface area (Å²) in [5.74, 6) is 1.01. The van der Waals surface area contributed by atoms with Crippen LogP contribution in [0.5, 0.6) is 0 Å². The minimum Gasteiger partial charge on any atom is -0.361 e. The van der Waals surface area contributed by atoms with Gasteiger partial charge in [0.2, 0.25) is 0 Å². The Morgan fingerprint density at radius 3 is 2.67 bits per heavy atom. The fourth-order valence-electron chi connectivity index (χ4n) is 2.18. The van der Waals surface area contributed by atoms with Crippen molar-refractivity contribution in [2.75, 3.05) is 4.90 Å². The fourth-order valence-corrected chi connectivity index (χ4v) is 2.18. The molecule has 0 atom stereocenters. The molecule has 1 N–H and O–H groups in total. The number of H-pyrrole nitrogens is 1. The second-order valence-corrected chi connectivity index (χ2v) is 4.74. The van der Waals surface area contributed by atoms with Crippen molar-refractivity contribution in [3.63, 3.8) is 0 Å². The van der Waals surface area contributed by atoms with Gasteiger partial charge in [0.15, 0.2) is 0 Å². The van der Waals surface area contributed by atoms with Crippen LogP contribution in [0.4, 0.5) is 5.69 Å². The highest BCUT2D eigenvalue weighted by Gasteiger charge is 2.14. The SMILES string of the molecule is CCc1ccccc1N(Cc1ncc[nH]1)C(C)C. The Balaban J connectivity index is 2.29. The largest absolute Gasteiger partial charge is 0.361 e. The molecule has 18 heavy (non-hydrogen) atoms. The van der Waals surface area contributed by atoms with Crippen LogP contribution in [0.2, 0.25) is 0 Å². The molecule has 0 aliphatic heterocycles. The number of aryl methyl sites for hydroxylation is 1. The second kappa shape index (κ2) is 5.71. The van der Waals surface area contributed by atoms with Crippen molar-refractivity contribution in [2.45, 2.75) is 39.8 Å². The predicted octanol–water partition coefficient (Wildman–Crippen LogP) is 3.39. The lowest BCUT2D eigenvalue weighted by atomic mass is 10.1. The van der Waals surface area contributed by atoms with E-state index in [4.69, 9.17) is 0 Å². The Morgan fingerprint density at radius 2 is 2.06 bits per heavy atom. The van der Waals surface area contributed by atoms with Crippen LogP contribution in [0.1, 0.15) is 32.2 Å². The summed E-state index contributed by atoms with van der Waals surface area (Å²) in [4.78, 5) is 9.89. The first-order valence-electron chi connectivity index (χ1n) is 6.55. The first-order valence-corrected chi connectivity index (χ1v) is 6.55. The van der Waals surface area contributed by atoms with Gasteiger partial charge in [0.05, 0.1) is 6.54 Å². The zero-order valence-corrected chi connectivity index (χ0v) is 11.4. The van der Waals surface area contributed by atoms with E-state index in [1.807, 2.05) is 6.20 Å². The van der Waals surface area contributed by atoms with Gasteiger partial charge in [-0.25, -0.2) is 4.98 Å². The maximum absolute atomic E-state index is 4.32. The van der Waals surface area contributed by atoms with Gasteiger partial charge in [-0.2, -0.15) is 0 Å². The van der Waals surface area contributed by atoms with Gasteiger partial charge in [-0.3, -0.25) is 0 Å². The van der Waals surface area contributed by atoms with Crippen LogP contribution in [0.25, 0.3) is 0 Å². The minimum atomic E-state index is 0.447. The number of nitrogens with zero attached hydrogens (tertiary/aromatic N) is 2. The van der Waals surface area contributed by atoms with Crippen LogP contribution in [-0.4, -0.2) is 16.0 Å². The first kappa shape index (κ1) is 12.7. The van der Waals surface area contributed by atoms with E-state index >= 15 is 0 Å². The van der Waals surface area contributed by atoms with Gasteiger partial charge >= 0.3 is 0 Å². The van der Waals surface area contributed by atoms with Crippen molar-refractivity contribution < 1.29 is 0 Å². The van der Waals surface area contributed by atoms with Crippen molar-refractivity contribution in [2.24, 2.45) is 0 Å².